The van der Waals surface area contributed by atoms with Gasteiger partial charge in [-0.1, -0.05) is 12.1 Å². The van der Waals surface area contributed by atoms with E-state index in [1.807, 2.05) is 0 Å². The Morgan fingerprint density at radius 3 is 3.10 bits per heavy atom. The lowest BCUT2D eigenvalue weighted by Crippen LogP contribution is -2.14. The molecule has 0 radical (unpaired) electrons. The minimum atomic E-state index is -0.296. The molecule has 1 aromatic heterocycles. The Morgan fingerprint density at radius 2 is 2.35 bits per heavy atom. The van der Waals surface area contributed by atoms with Crippen molar-refractivity contribution in [3.05, 3.63) is 41.5 Å². The normalized spacial score (nSPS) is 10.5. The summed E-state index contributed by atoms with van der Waals surface area (Å²) in [5.74, 6) is 0.244. The molecular formula is C13H15FN4O2. The zero-order valence-corrected chi connectivity index (χ0v) is 11.0. The van der Waals surface area contributed by atoms with Crippen LogP contribution in [0.1, 0.15) is 17.8 Å². The number of hydrogen-bond acceptors (Lipinski definition) is 4. The second-order valence-corrected chi connectivity index (χ2v) is 4.20. The highest BCUT2D eigenvalue weighted by Gasteiger charge is 2.08. The van der Waals surface area contributed by atoms with Gasteiger partial charge in [0.2, 0.25) is 11.9 Å². The lowest BCUT2D eigenvalue weighted by molar-refractivity contribution is -0.117. The Bertz CT molecular complexity index is 585. The molecule has 0 spiro atoms. The highest BCUT2D eigenvalue weighted by Crippen LogP contribution is 2.09. The number of halogens is 1. The van der Waals surface area contributed by atoms with E-state index >= 15 is 0 Å². The molecule has 1 heterocycles. The van der Waals surface area contributed by atoms with E-state index in [1.54, 1.807) is 12.1 Å². The van der Waals surface area contributed by atoms with Crippen LogP contribution in [0.5, 0.6) is 0 Å². The lowest BCUT2D eigenvalue weighted by atomic mass is 10.1. The Labute approximate surface area is 115 Å². The molecule has 7 heteroatoms. The van der Waals surface area contributed by atoms with E-state index in [0.717, 1.165) is 5.56 Å². The molecule has 0 aliphatic heterocycles. The predicted molar refractivity (Wildman–Crippen MR) is 70.7 cm³/mol. The molecule has 2 aromatic rings. The van der Waals surface area contributed by atoms with Gasteiger partial charge in [0, 0.05) is 13.5 Å². The van der Waals surface area contributed by atoms with Crippen LogP contribution >= 0.6 is 0 Å². The molecule has 106 valence electrons. The molecule has 0 fully saturated rings. The molecule has 1 amide bonds. The highest BCUT2D eigenvalue weighted by molar-refractivity contribution is 5.88. The van der Waals surface area contributed by atoms with Crippen molar-refractivity contribution in [1.29, 1.82) is 0 Å². The summed E-state index contributed by atoms with van der Waals surface area (Å²) in [6.45, 7) is 0.340. The minimum absolute atomic E-state index is 0.206. The maximum atomic E-state index is 13.1. The fourth-order valence-electron chi connectivity index (χ4n) is 1.65. The van der Waals surface area contributed by atoms with Gasteiger partial charge in [0.05, 0.1) is 13.0 Å². The fourth-order valence-corrected chi connectivity index (χ4v) is 1.65. The first-order valence-electron chi connectivity index (χ1n) is 6.12. The molecule has 6 nitrogen and oxygen atoms in total. The van der Waals surface area contributed by atoms with Crippen molar-refractivity contribution >= 4 is 11.9 Å². The van der Waals surface area contributed by atoms with Gasteiger partial charge in [-0.15, -0.1) is 5.10 Å². The monoisotopic (exact) mass is 278 g/mol. The number of methoxy groups -OCH3 is 1. The van der Waals surface area contributed by atoms with E-state index in [-0.39, 0.29) is 24.1 Å². The third kappa shape index (κ3) is 4.13. The third-order valence-electron chi connectivity index (χ3n) is 2.58. The quantitative estimate of drug-likeness (QED) is 0.839. The van der Waals surface area contributed by atoms with E-state index in [1.165, 1.54) is 19.2 Å². The van der Waals surface area contributed by atoms with Gasteiger partial charge in [-0.05, 0) is 17.7 Å². The summed E-state index contributed by atoms with van der Waals surface area (Å²) in [6.07, 6.45) is 0.656. The molecule has 0 saturated heterocycles. The second kappa shape index (κ2) is 6.76. The molecular weight excluding hydrogens is 263 g/mol. The summed E-state index contributed by atoms with van der Waals surface area (Å²) in [7, 11) is 1.52. The Morgan fingerprint density at radius 1 is 1.50 bits per heavy atom. The summed E-state index contributed by atoms with van der Waals surface area (Å²) < 4.78 is 17.9. The number of carbonyl (C=O) groups excluding carboxylic acids is 1. The van der Waals surface area contributed by atoms with Crippen molar-refractivity contribution in [2.75, 3.05) is 19.0 Å². The van der Waals surface area contributed by atoms with Crippen LogP contribution in [-0.2, 0) is 16.0 Å². The number of nitrogens with zero attached hydrogens (tertiary/aromatic N) is 2. The van der Waals surface area contributed by atoms with E-state index in [9.17, 15) is 9.18 Å². The number of H-pyrrole nitrogens is 1. The Balaban J connectivity index is 1.93. The van der Waals surface area contributed by atoms with Gasteiger partial charge in [-0.25, -0.2) is 4.39 Å². The van der Waals surface area contributed by atoms with Crippen LogP contribution in [0, 0.1) is 5.82 Å². The zero-order chi connectivity index (χ0) is 14.4. The van der Waals surface area contributed by atoms with Crippen LogP contribution < -0.4 is 5.32 Å². The third-order valence-corrected chi connectivity index (χ3v) is 2.58. The zero-order valence-electron chi connectivity index (χ0n) is 11.0. The van der Waals surface area contributed by atoms with E-state index < -0.39 is 0 Å². The Hall–Kier alpha value is -2.28. The van der Waals surface area contributed by atoms with Gasteiger partial charge in [-0.3, -0.25) is 15.2 Å². The number of anilines is 1. The number of nitrogens with one attached hydrogen (secondary N) is 2. The van der Waals surface area contributed by atoms with Crippen LogP contribution in [-0.4, -0.2) is 34.8 Å². The number of hydrogen-bond donors (Lipinski definition) is 2. The number of rotatable bonds is 6. The van der Waals surface area contributed by atoms with E-state index in [2.05, 4.69) is 20.5 Å². The van der Waals surface area contributed by atoms with Gasteiger partial charge in [0.1, 0.15) is 11.6 Å². The first kappa shape index (κ1) is 14.1. The summed E-state index contributed by atoms with van der Waals surface area (Å²) in [6, 6.07) is 6.24. The summed E-state index contributed by atoms with van der Waals surface area (Å²) >= 11 is 0. The number of aromatic nitrogens is 3. The van der Waals surface area contributed by atoms with E-state index in [0.29, 0.717) is 18.9 Å². The maximum absolute atomic E-state index is 13.1. The van der Waals surface area contributed by atoms with Crippen LogP contribution in [0.3, 0.4) is 0 Å². The Kier molecular flexibility index (Phi) is 4.78. The molecule has 20 heavy (non-hydrogen) atoms. The van der Waals surface area contributed by atoms with Gasteiger partial charge >= 0.3 is 0 Å². The number of benzene rings is 1. The van der Waals surface area contributed by atoms with Crippen molar-refractivity contribution in [1.82, 2.24) is 15.2 Å². The van der Waals surface area contributed by atoms with Crippen molar-refractivity contribution < 1.29 is 13.9 Å². The SMILES string of the molecule is COCCC(=O)Nc1n[nH]c(Cc2cccc(F)c2)n1. The fraction of sp³-hybridized carbons (Fsp3) is 0.308. The number of carbonyl (C=O) groups is 1. The topological polar surface area (TPSA) is 79.9 Å². The smallest absolute Gasteiger partial charge is 0.248 e. The predicted octanol–water partition coefficient (Wildman–Crippen LogP) is 1.51. The minimum Gasteiger partial charge on any atom is -0.384 e. The molecule has 0 aliphatic rings. The summed E-state index contributed by atoms with van der Waals surface area (Å²) in [5.41, 5.74) is 0.776. The van der Waals surface area contributed by atoms with Crippen LogP contribution in [0.15, 0.2) is 24.3 Å². The van der Waals surface area contributed by atoms with Crippen molar-refractivity contribution in [3.63, 3.8) is 0 Å². The van der Waals surface area contributed by atoms with Crippen LogP contribution in [0.2, 0.25) is 0 Å². The molecule has 1 aromatic carbocycles. The molecule has 0 unspecified atom stereocenters. The number of aromatic amines is 1. The van der Waals surface area contributed by atoms with Crippen LogP contribution in [0.25, 0.3) is 0 Å². The summed E-state index contributed by atoms with van der Waals surface area (Å²) in [5, 5.41) is 9.13. The second-order valence-electron chi connectivity index (χ2n) is 4.20. The average molecular weight is 278 g/mol. The first-order valence-corrected chi connectivity index (χ1v) is 6.12. The average Bonchev–Trinajstić information content (AvgIpc) is 2.83. The number of amides is 1. The van der Waals surface area contributed by atoms with Crippen LogP contribution in [0.4, 0.5) is 10.3 Å². The van der Waals surface area contributed by atoms with Gasteiger partial charge in [0.15, 0.2) is 0 Å². The molecule has 0 atom stereocenters. The molecule has 2 N–H and O–H groups in total. The molecule has 0 aliphatic carbocycles. The largest absolute Gasteiger partial charge is 0.384 e. The summed E-state index contributed by atoms with van der Waals surface area (Å²) in [4.78, 5) is 15.6. The number of ether oxygens (including phenoxy) is 1. The molecule has 2 rings (SSSR count). The van der Waals surface area contributed by atoms with Gasteiger partial charge < -0.3 is 4.74 Å². The van der Waals surface area contributed by atoms with Gasteiger partial charge in [-0.2, -0.15) is 4.98 Å². The van der Waals surface area contributed by atoms with Crippen molar-refractivity contribution in [2.24, 2.45) is 0 Å². The lowest BCUT2D eigenvalue weighted by Gasteiger charge is -1.99. The van der Waals surface area contributed by atoms with Gasteiger partial charge in [0.25, 0.3) is 0 Å². The molecule has 0 bridgehead atoms. The van der Waals surface area contributed by atoms with Crippen molar-refractivity contribution in [3.8, 4) is 0 Å². The highest BCUT2D eigenvalue weighted by atomic mass is 19.1. The maximum Gasteiger partial charge on any atom is 0.248 e. The first-order chi connectivity index (χ1) is 9.67. The standard InChI is InChI=1S/C13H15FN4O2/c1-20-6-5-12(19)16-13-15-11(17-18-13)8-9-3-2-4-10(14)7-9/h2-4,7H,5-6,8H2,1H3,(H2,15,16,17,18,19). The van der Waals surface area contributed by atoms with E-state index in [4.69, 9.17) is 4.74 Å². The molecule has 0 saturated carbocycles. The van der Waals surface area contributed by atoms with Crippen molar-refractivity contribution in [2.45, 2.75) is 12.8 Å².